The van der Waals surface area contributed by atoms with Gasteiger partial charge in [-0.1, -0.05) is 26.0 Å². The van der Waals surface area contributed by atoms with Crippen LogP contribution in [0.4, 0.5) is 0 Å². The minimum atomic E-state index is -3.34. The fourth-order valence-corrected chi connectivity index (χ4v) is 3.22. The lowest BCUT2D eigenvalue weighted by molar-refractivity contribution is 0.326. The average molecular weight is 311 g/mol. The molecule has 0 saturated carbocycles. The molecule has 21 heavy (non-hydrogen) atoms. The first-order chi connectivity index (χ1) is 9.72. The van der Waals surface area contributed by atoms with Crippen molar-refractivity contribution in [3.8, 4) is 0 Å². The van der Waals surface area contributed by atoms with Crippen molar-refractivity contribution < 1.29 is 8.42 Å². The summed E-state index contributed by atoms with van der Waals surface area (Å²) in [5.41, 5.74) is 5.83. The summed E-state index contributed by atoms with van der Waals surface area (Å²) in [5, 5.41) is 7.38. The first-order valence-corrected chi connectivity index (χ1v) is 8.73. The van der Waals surface area contributed by atoms with Crippen molar-refractivity contribution >= 4 is 15.7 Å². The highest BCUT2D eigenvalue weighted by atomic mass is 32.2. The zero-order chi connectivity index (χ0) is 16.0. The smallest absolute Gasteiger partial charge is 0.179 e. The summed E-state index contributed by atoms with van der Waals surface area (Å²) in [5.74, 6) is 0.556. The van der Waals surface area contributed by atoms with Crippen LogP contribution in [0.15, 0.2) is 29.2 Å². The third-order valence-corrected chi connectivity index (χ3v) is 5.03. The summed E-state index contributed by atoms with van der Waals surface area (Å²) in [7, 11) is -1.41. The molecular weight excluding hydrogens is 286 g/mol. The van der Waals surface area contributed by atoms with E-state index in [9.17, 15) is 8.42 Å². The summed E-state index contributed by atoms with van der Waals surface area (Å²) >= 11 is 0. The molecule has 0 aliphatic heterocycles. The van der Waals surface area contributed by atoms with Crippen LogP contribution in [0, 0.1) is 11.3 Å². The van der Waals surface area contributed by atoms with E-state index >= 15 is 0 Å². The second kappa shape index (κ2) is 7.56. The Labute approximate surface area is 127 Å². The second-order valence-electron chi connectivity index (χ2n) is 5.75. The predicted octanol–water partition coefficient (Wildman–Crippen LogP) is 1.72. The van der Waals surface area contributed by atoms with Crippen molar-refractivity contribution in [2.45, 2.75) is 25.2 Å². The molecule has 6 heteroatoms. The van der Waals surface area contributed by atoms with Gasteiger partial charge in [-0.15, -0.1) is 0 Å². The van der Waals surface area contributed by atoms with E-state index in [0.717, 1.165) is 13.0 Å². The summed E-state index contributed by atoms with van der Waals surface area (Å²) in [6, 6.07) is 6.27. The number of rotatable bonds is 8. The van der Waals surface area contributed by atoms with E-state index in [2.05, 4.69) is 13.8 Å². The number of nitrogens with zero attached hydrogens (tertiary/aromatic N) is 1. The monoisotopic (exact) mass is 311 g/mol. The average Bonchev–Trinajstić information content (AvgIpc) is 2.43. The van der Waals surface area contributed by atoms with Crippen LogP contribution in [0.1, 0.15) is 25.8 Å². The molecule has 0 amide bonds. The van der Waals surface area contributed by atoms with Gasteiger partial charge in [0.2, 0.25) is 0 Å². The van der Waals surface area contributed by atoms with Gasteiger partial charge in [-0.05, 0) is 38.1 Å². The van der Waals surface area contributed by atoms with Gasteiger partial charge < -0.3 is 10.6 Å². The van der Waals surface area contributed by atoms with E-state index in [1.165, 1.54) is 6.07 Å². The number of nitrogens with two attached hydrogens (primary N) is 1. The maximum Gasteiger partial charge on any atom is 0.179 e. The summed E-state index contributed by atoms with van der Waals surface area (Å²) in [6.07, 6.45) is 1.05. The van der Waals surface area contributed by atoms with Gasteiger partial charge in [0.15, 0.2) is 9.84 Å². The predicted molar refractivity (Wildman–Crippen MR) is 86.5 cm³/mol. The summed E-state index contributed by atoms with van der Waals surface area (Å²) in [4.78, 5) is 2.26. The first-order valence-electron chi connectivity index (χ1n) is 7.08. The van der Waals surface area contributed by atoms with Gasteiger partial charge in [-0.25, -0.2) is 8.42 Å². The van der Waals surface area contributed by atoms with E-state index < -0.39 is 9.84 Å². The normalized spacial score (nSPS) is 12.0. The molecule has 0 atom stereocenters. The Morgan fingerprint density at radius 2 is 2.00 bits per heavy atom. The molecule has 0 saturated heterocycles. The topological polar surface area (TPSA) is 87.2 Å². The highest BCUT2D eigenvalue weighted by molar-refractivity contribution is 7.91. The largest absolute Gasteiger partial charge is 0.384 e. The molecule has 0 spiro atoms. The van der Waals surface area contributed by atoms with E-state index in [0.29, 0.717) is 18.0 Å². The highest BCUT2D eigenvalue weighted by Gasteiger charge is 2.16. The molecule has 1 rings (SSSR count). The van der Waals surface area contributed by atoms with Crippen LogP contribution >= 0.6 is 0 Å². The van der Waals surface area contributed by atoms with E-state index in [4.69, 9.17) is 11.1 Å². The quantitative estimate of drug-likeness (QED) is 0.565. The lowest BCUT2D eigenvalue weighted by Crippen LogP contribution is -2.27. The van der Waals surface area contributed by atoms with Gasteiger partial charge in [0.1, 0.15) is 5.84 Å². The van der Waals surface area contributed by atoms with Crippen molar-refractivity contribution in [1.82, 2.24) is 4.90 Å². The highest BCUT2D eigenvalue weighted by Crippen LogP contribution is 2.13. The van der Waals surface area contributed by atoms with E-state index in [1.807, 2.05) is 11.9 Å². The SMILES string of the molecule is CC(C)CCN(C)CCS(=O)(=O)c1cccc(C(=N)N)c1. The maximum atomic E-state index is 12.3. The van der Waals surface area contributed by atoms with Crippen LogP contribution in [-0.2, 0) is 9.84 Å². The fourth-order valence-electron chi connectivity index (χ4n) is 1.84. The van der Waals surface area contributed by atoms with Gasteiger partial charge in [0.25, 0.3) is 0 Å². The van der Waals surface area contributed by atoms with Crippen molar-refractivity contribution in [3.05, 3.63) is 29.8 Å². The Balaban J connectivity index is 2.69. The van der Waals surface area contributed by atoms with Gasteiger partial charge in [0.05, 0.1) is 10.6 Å². The van der Waals surface area contributed by atoms with Crippen LogP contribution in [0.25, 0.3) is 0 Å². The second-order valence-corrected chi connectivity index (χ2v) is 7.86. The molecule has 0 aromatic heterocycles. The van der Waals surface area contributed by atoms with E-state index in [-0.39, 0.29) is 16.5 Å². The molecular formula is C15H25N3O2S. The van der Waals surface area contributed by atoms with Crippen LogP contribution in [0.3, 0.4) is 0 Å². The van der Waals surface area contributed by atoms with Gasteiger partial charge >= 0.3 is 0 Å². The van der Waals surface area contributed by atoms with Gasteiger partial charge in [-0.3, -0.25) is 5.41 Å². The minimum absolute atomic E-state index is 0.0724. The Morgan fingerprint density at radius 3 is 2.57 bits per heavy atom. The van der Waals surface area contributed by atoms with Crippen LogP contribution in [-0.4, -0.2) is 45.0 Å². The molecule has 5 nitrogen and oxygen atoms in total. The molecule has 1 aromatic carbocycles. The molecule has 0 bridgehead atoms. The lowest BCUT2D eigenvalue weighted by atomic mass is 10.1. The maximum absolute atomic E-state index is 12.3. The van der Waals surface area contributed by atoms with Crippen LogP contribution in [0.5, 0.6) is 0 Å². The van der Waals surface area contributed by atoms with Gasteiger partial charge in [-0.2, -0.15) is 0 Å². The minimum Gasteiger partial charge on any atom is -0.384 e. The van der Waals surface area contributed by atoms with Crippen LogP contribution in [0.2, 0.25) is 0 Å². The van der Waals surface area contributed by atoms with Crippen molar-refractivity contribution in [2.24, 2.45) is 11.7 Å². The summed E-state index contributed by atoms with van der Waals surface area (Å²) < 4.78 is 24.6. The third kappa shape index (κ3) is 5.85. The molecule has 0 aliphatic rings. The molecule has 0 unspecified atom stereocenters. The number of amidine groups is 1. The number of nitrogens with one attached hydrogen (secondary N) is 1. The molecule has 0 fully saturated rings. The molecule has 118 valence electrons. The fraction of sp³-hybridized carbons (Fsp3) is 0.533. The number of hydrogen-bond acceptors (Lipinski definition) is 4. The van der Waals surface area contributed by atoms with Crippen molar-refractivity contribution in [3.63, 3.8) is 0 Å². The number of hydrogen-bond donors (Lipinski definition) is 2. The van der Waals surface area contributed by atoms with Gasteiger partial charge in [0, 0.05) is 12.1 Å². The summed E-state index contributed by atoms with van der Waals surface area (Å²) in [6.45, 7) is 5.69. The third-order valence-electron chi connectivity index (χ3n) is 3.33. The number of nitrogen functional groups attached to an aromatic ring is 1. The lowest BCUT2D eigenvalue weighted by Gasteiger charge is -2.17. The Morgan fingerprint density at radius 1 is 1.33 bits per heavy atom. The zero-order valence-corrected chi connectivity index (χ0v) is 13.8. The Kier molecular flexibility index (Phi) is 6.36. The number of benzene rings is 1. The Hall–Kier alpha value is -1.40. The van der Waals surface area contributed by atoms with Crippen LogP contribution < -0.4 is 5.73 Å². The molecule has 0 heterocycles. The van der Waals surface area contributed by atoms with Crippen molar-refractivity contribution in [1.29, 1.82) is 5.41 Å². The molecule has 0 radical (unpaired) electrons. The van der Waals surface area contributed by atoms with Crippen molar-refractivity contribution in [2.75, 3.05) is 25.9 Å². The number of sulfone groups is 1. The van der Waals surface area contributed by atoms with E-state index in [1.54, 1.807) is 18.2 Å². The molecule has 3 N–H and O–H groups in total. The molecule has 0 aliphatic carbocycles. The Bertz CT molecular complexity index is 582. The zero-order valence-electron chi connectivity index (χ0n) is 13.0. The first kappa shape index (κ1) is 17.7. The molecule has 1 aromatic rings. The standard InChI is InChI=1S/C15H25N3O2S/c1-12(2)7-8-18(3)9-10-21(19,20)14-6-4-5-13(11-14)15(16)17/h4-6,11-12H,7-10H2,1-3H3,(H3,16,17).